The summed E-state index contributed by atoms with van der Waals surface area (Å²) in [6.07, 6.45) is 0. The number of hydrogen-bond acceptors (Lipinski definition) is 4. The second-order valence-corrected chi connectivity index (χ2v) is 5.74. The Balaban J connectivity index is 1.39. The van der Waals surface area contributed by atoms with Gasteiger partial charge in [-0.1, -0.05) is 12.1 Å². The molecule has 5 rings (SSSR count). The summed E-state index contributed by atoms with van der Waals surface area (Å²) in [6.45, 7) is 0.255. The number of aromatic nitrogens is 2. The molecule has 0 aliphatic carbocycles. The van der Waals surface area contributed by atoms with Crippen molar-refractivity contribution in [2.24, 2.45) is 0 Å². The van der Waals surface area contributed by atoms with Gasteiger partial charge in [-0.3, -0.25) is 0 Å². The molecule has 25 heavy (non-hydrogen) atoms. The summed E-state index contributed by atoms with van der Waals surface area (Å²) in [5.74, 6) is 3.75. The molecule has 0 fully saturated rings. The quantitative estimate of drug-likeness (QED) is 0.589. The number of fused-ring (bicyclic) bond motifs is 2. The zero-order chi connectivity index (χ0) is 16.6. The maximum Gasteiger partial charge on any atom is 0.231 e. The van der Waals surface area contributed by atoms with E-state index in [9.17, 15) is 0 Å². The number of H-pyrrole nitrogens is 1. The molecule has 0 saturated carbocycles. The number of benzene rings is 3. The van der Waals surface area contributed by atoms with E-state index in [1.165, 1.54) is 0 Å². The lowest BCUT2D eigenvalue weighted by Gasteiger charge is -2.07. The van der Waals surface area contributed by atoms with Gasteiger partial charge < -0.3 is 19.2 Å². The van der Waals surface area contributed by atoms with E-state index < -0.39 is 0 Å². The Morgan fingerprint density at radius 1 is 0.840 bits per heavy atom. The molecule has 1 aromatic heterocycles. The third-order valence-electron chi connectivity index (χ3n) is 4.10. The van der Waals surface area contributed by atoms with Gasteiger partial charge in [0.25, 0.3) is 0 Å². The molecule has 1 N–H and O–H groups in total. The number of ether oxygens (including phenoxy) is 3. The van der Waals surface area contributed by atoms with Crippen LogP contribution in [0.3, 0.4) is 0 Å². The molecule has 1 aliphatic heterocycles. The second-order valence-electron chi connectivity index (χ2n) is 5.74. The largest absolute Gasteiger partial charge is 0.457 e. The summed E-state index contributed by atoms with van der Waals surface area (Å²) in [7, 11) is 0. The third-order valence-corrected chi connectivity index (χ3v) is 4.10. The summed E-state index contributed by atoms with van der Waals surface area (Å²) in [5.41, 5.74) is 2.99. The minimum absolute atomic E-state index is 0.255. The monoisotopic (exact) mass is 330 g/mol. The van der Waals surface area contributed by atoms with Crippen molar-refractivity contribution in [2.75, 3.05) is 6.79 Å². The van der Waals surface area contributed by atoms with Gasteiger partial charge in [0.05, 0.1) is 11.0 Å². The van der Waals surface area contributed by atoms with E-state index in [-0.39, 0.29) is 6.79 Å². The molecule has 0 amide bonds. The van der Waals surface area contributed by atoms with Gasteiger partial charge >= 0.3 is 0 Å². The van der Waals surface area contributed by atoms with Crippen LogP contribution in [0.2, 0.25) is 0 Å². The highest BCUT2D eigenvalue weighted by molar-refractivity contribution is 5.79. The molecule has 0 bridgehead atoms. The van der Waals surface area contributed by atoms with Crippen LogP contribution in [0.5, 0.6) is 23.0 Å². The second kappa shape index (κ2) is 5.56. The minimum atomic E-state index is 0.255. The van der Waals surface area contributed by atoms with Gasteiger partial charge in [0, 0.05) is 11.6 Å². The molecule has 0 radical (unpaired) electrons. The number of nitrogens with zero attached hydrogens (tertiary/aromatic N) is 1. The van der Waals surface area contributed by atoms with Gasteiger partial charge in [-0.25, -0.2) is 4.98 Å². The van der Waals surface area contributed by atoms with Crippen molar-refractivity contribution in [1.82, 2.24) is 9.97 Å². The standard InChI is InChI=1S/C20H14N2O3/c1-2-4-17-16(3-1)21-20(22-17)13-5-7-14(8-6-13)25-15-9-10-18-19(11-15)24-12-23-18/h1-11H,12H2,(H,21,22). The van der Waals surface area contributed by atoms with E-state index in [4.69, 9.17) is 14.2 Å². The smallest absolute Gasteiger partial charge is 0.231 e. The Morgan fingerprint density at radius 2 is 1.64 bits per heavy atom. The van der Waals surface area contributed by atoms with Gasteiger partial charge in [0.2, 0.25) is 6.79 Å². The number of imidazole rings is 1. The average Bonchev–Trinajstić information content (AvgIpc) is 3.28. The van der Waals surface area contributed by atoms with Gasteiger partial charge in [-0.05, 0) is 48.5 Å². The molecule has 2 heterocycles. The first-order valence-corrected chi connectivity index (χ1v) is 7.98. The van der Waals surface area contributed by atoms with Crippen molar-refractivity contribution in [1.29, 1.82) is 0 Å². The normalized spacial score (nSPS) is 12.5. The Hall–Kier alpha value is -3.47. The Kier molecular flexibility index (Phi) is 3.10. The molecule has 0 spiro atoms. The highest BCUT2D eigenvalue weighted by Crippen LogP contribution is 2.36. The van der Waals surface area contributed by atoms with Crippen LogP contribution >= 0.6 is 0 Å². The Bertz CT molecular complexity index is 1020. The molecular formula is C20H14N2O3. The van der Waals surface area contributed by atoms with E-state index >= 15 is 0 Å². The minimum Gasteiger partial charge on any atom is -0.457 e. The molecule has 3 aromatic carbocycles. The number of hydrogen-bond donors (Lipinski definition) is 1. The lowest BCUT2D eigenvalue weighted by atomic mass is 10.2. The Labute approximate surface area is 143 Å². The fraction of sp³-hybridized carbons (Fsp3) is 0.0500. The molecular weight excluding hydrogens is 316 g/mol. The number of aromatic amines is 1. The van der Waals surface area contributed by atoms with E-state index in [1.807, 2.05) is 66.7 Å². The van der Waals surface area contributed by atoms with Crippen LogP contribution in [0, 0.1) is 0 Å². The summed E-state index contributed by atoms with van der Waals surface area (Å²) in [4.78, 5) is 7.94. The summed E-state index contributed by atoms with van der Waals surface area (Å²) >= 11 is 0. The first-order valence-electron chi connectivity index (χ1n) is 7.98. The lowest BCUT2D eigenvalue weighted by molar-refractivity contribution is 0.174. The number of para-hydroxylation sites is 2. The number of rotatable bonds is 3. The average molecular weight is 330 g/mol. The maximum atomic E-state index is 5.89. The third kappa shape index (κ3) is 2.55. The predicted molar refractivity (Wildman–Crippen MR) is 94.2 cm³/mol. The molecule has 0 unspecified atom stereocenters. The molecule has 5 nitrogen and oxygen atoms in total. The van der Waals surface area contributed by atoms with E-state index in [2.05, 4.69) is 9.97 Å². The van der Waals surface area contributed by atoms with Crippen molar-refractivity contribution in [3.05, 3.63) is 66.7 Å². The van der Waals surface area contributed by atoms with Crippen molar-refractivity contribution < 1.29 is 14.2 Å². The zero-order valence-corrected chi connectivity index (χ0v) is 13.2. The van der Waals surface area contributed by atoms with Crippen LogP contribution in [0.25, 0.3) is 22.4 Å². The van der Waals surface area contributed by atoms with Crippen molar-refractivity contribution >= 4 is 11.0 Å². The van der Waals surface area contributed by atoms with Crippen LogP contribution in [0.15, 0.2) is 66.7 Å². The van der Waals surface area contributed by atoms with Gasteiger partial charge in [-0.2, -0.15) is 0 Å². The molecule has 4 aromatic rings. The van der Waals surface area contributed by atoms with Crippen LogP contribution in [0.1, 0.15) is 0 Å². The molecule has 1 aliphatic rings. The lowest BCUT2D eigenvalue weighted by Crippen LogP contribution is -1.92. The molecule has 0 atom stereocenters. The Morgan fingerprint density at radius 3 is 2.52 bits per heavy atom. The number of nitrogens with one attached hydrogen (secondary N) is 1. The van der Waals surface area contributed by atoms with Gasteiger partial charge in [0.15, 0.2) is 11.5 Å². The summed E-state index contributed by atoms with van der Waals surface area (Å²) in [6, 6.07) is 21.3. The van der Waals surface area contributed by atoms with E-state index in [1.54, 1.807) is 0 Å². The highest BCUT2D eigenvalue weighted by atomic mass is 16.7. The predicted octanol–water partition coefficient (Wildman–Crippen LogP) is 4.75. The van der Waals surface area contributed by atoms with Crippen LogP contribution in [-0.4, -0.2) is 16.8 Å². The van der Waals surface area contributed by atoms with Gasteiger partial charge in [0.1, 0.15) is 17.3 Å². The van der Waals surface area contributed by atoms with Crippen LogP contribution < -0.4 is 14.2 Å². The molecule has 122 valence electrons. The first kappa shape index (κ1) is 13.9. The van der Waals surface area contributed by atoms with E-state index in [0.29, 0.717) is 11.5 Å². The summed E-state index contributed by atoms with van der Waals surface area (Å²) < 4.78 is 16.6. The van der Waals surface area contributed by atoms with Crippen molar-refractivity contribution in [3.63, 3.8) is 0 Å². The molecule has 5 heteroatoms. The van der Waals surface area contributed by atoms with E-state index in [0.717, 1.165) is 33.9 Å². The van der Waals surface area contributed by atoms with Gasteiger partial charge in [-0.15, -0.1) is 0 Å². The van der Waals surface area contributed by atoms with Crippen molar-refractivity contribution in [3.8, 4) is 34.4 Å². The maximum absolute atomic E-state index is 5.89. The molecule has 0 saturated heterocycles. The highest BCUT2D eigenvalue weighted by Gasteiger charge is 2.14. The fourth-order valence-electron chi connectivity index (χ4n) is 2.85. The summed E-state index contributed by atoms with van der Waals surface area (Å²) in [5, 5.41) is 0. The van der Waals surface area contributed by atoms with Crippen LogP contribution in [0.4, 0.5) is 0 Å². The van der Waals surface area contributed by atoms with Crippen LogP contribution in [-0.2, 0) is 0 Å². The zero-order valence-electron chi connectivity index (χ0n) is 13.2. The SMILES string of the molecule is c1ccc2[nH]c(-c3ccc(Oc4ccc5c(c4)OCO5)cc3)nc2c1. The topological polar surface area (TPSA) is 56.4 Å². The van der Waals surface area contributed by atoms with Crippen molar-refractivity contribution in [2.45, 2.75) is 0 Å². The first-order chi connectivity index (χ1) is 12.3. The fourth-order valence-corrected chi connectivity index (χ4v) is 2.85.